The van der Waals surface area contributed by atoms with Crippen LogP contribution in [0.25, 0.3) is 0 Å². The fraction of sp³-hybridized carbons (Fsp3) is 0.235. The number of guanidine groups is 1. The van der Waals surface area contributed by atoms with Gasteiger partial charge in [-0.05, 0) is 35.9 Å². The third-order valence-corrected chi connectivity index (χ3v) is 5.11. The molecule has 0 radical (unpaired) electrons. The molecule has 2 aromatic rings. The van der Waals surface area contributed by atoms with Crippen LogP contribution in [0.1, 0.15) is 5.56 Å². The number of hydrogen-bond acceptors (Lipinski definition) is 3. The number of nitrogens with one attached hydrogen (secondary N) is 3. The molecule has 2 rings (SSSR count). The summed E-state index contributed by atoms with van der Waals surface area (Å²) in [5.74, 6) is 0.222. The van der Waals surface area contributed by atoms with E-state index in [4.69, 9.17) is 11.6 Å². The molecule has 0 spiro atoms. The van der Waals surface area contributed by atoms with Crippen molar-refractivity contribution >= 4 is 27.6 Å². The van der Waals surface area contributed by atoms with E-state index in [0.29, 0.717) is 24.1 Å². The lowest BCUT2D eigenvalue weighted by atomic mass is 10.2. The van der Waals surface area contributed by atoms with Gasteiger partial charge in [0.1, 0.15) is 5.82 Å². The highest BCUT2D eigenvalue weighted by molar-refractivity contribution is 7.89. The molecule has 0 aliphatic heterocycles. The Hall–Kier alpha value is -2.16. The molecule has 0 atom stereocenters. The first kappa shape index (κ1) is 20.2. The fourth-order valence-electron chi connectivity index (χ4n) is 2.09. The molecule has 3 N–H and O–H groups in total. The number of rotatable bonds is 7. The van der Waals surface area contributed by atoms with Crippen molar-refractivity contribution in [3.8, 4) is 0 Å². The summed E-state index contributed by atoms with van der Waals surface area (Å²) in [6.07, 6.45) is 0. The molecule has 0 fully saturated rings. The van der Waals surface area contributed by atoms with Gasteiger partial charge in [-0.15, -0.1) is 0 Å². The Kier molecular flexibility index (Phi) is 7.38. The topological polar surface area (TPSA) is 82.6 Å². The molecule has 140 valence electrons. The summed E-state index contributed by atoms with van der Waals surface area (Å²) < 4.78 is 39.7. The van der Waals surface area contributed by atoms with Gasteiger partial charge in [-0.2, -0.15) is 0 Å². The molecule has 0 aliphatic rings. The normalized spacial score (nSPS) is 12.0. The largest absolute Gasteiger partial charge is 0.355 e. The highest BCUT2D eigenvalue weighted by Gasteiger charge is 2.13. The molecule has 26 heavy (non-hydrogen) atoms. The maximum atomic E-state index is 12.9. The molecule has 9 heteroatoms. The van der Waals surface area contributed by atoms with E-state index in [1.54, 1.807) is 31.3 Å². The van der Waals surface area contributed by atoms with E-state index in [0.717, 1.165) is 5.56 Å². The molecule has 0 bridgehead atoms. The molecule has 2 aromatic carbocycles. The van der Waals surface area contributed by atoms with Gasteiger partial charge in [0.05, 0.1) is 4.90 Å². The zero-order valence-corrected chi connectivity index (χ0v) is 15.7. The molecular formula is C17H20ClFN4O2S. The Balaban J connectivity index is 1.77. The Labute approximate surface area is 157 Å². The zero-order chi connectivity index (χ0) is 19.0. The van der Waals surface area contributed by atoms with Gasteiger partial charge in [-0.3, -0.25) is 4.99 Å². The van der Waals surface area contributed by atoms with E-state index in [9.17, 15) is 12.8 Å². The minimum atomic E-state index is -3.62. The van der Waals surface area contributed by atoms with Crippen LogP contribution in [0, 0.1) is 5.82 Å². The van der Waals surface area contributed by atoms with Gasteiger partial charge in [-0.1, -0.05) is 29.8 Å². The van der Waals surface area contributed by atoms with Gasteiger partial charge < -0.3 is 10.6 Å². The maximum Gasteiger partial charge on any atom is 0.240 e. The van der Waals surface area contributed by atoms with Gasteiger partial charge in [0, 0.05) is 31.7 Å². The van der Waals surface area contributed by atoms with Crippen molar-refractivity contribution in [1.29, 1.82) is 0 Å². The van der Waals surface area contributed by atoms with Gasteiger partial charge in [-0.25, -0.2) is 17.5 Å². The second-order valence-electron chi connectivity index (χ2n) is 5.33. The van der Waals surface area contributed by atoms with Crippen molar-refractivity contribution in [2.75, 3.05) is 20.1 Å². The number of sulfonamides is 1. The molecule has 0 aromatic heterocycles. The molecule has 0 aliphatic carbocycles. The lowest BCUT2D eigenvalue weighted by Crippen LogP contribution is -2.41. The molecule has 0 heterocycles. The Morgan fingerprint density at radius 1 is 1.12 bits per heavy atom. The number of aliphatic imine (C=N–C) groups is 1. The summed E-state index contributed by atoms with van der Waals surface area (Å²) in [6.45, 7) is 0.975. The molecule has 0 saturated carbocycles. The Morgan fingerprint density at radius 3 is 2.50 bits per heavy atom. The monoisotopic (exact) mass is 398 g/mol. The minimum Gasteiger partial charge on any atom is -0.355 e. The Bertz CT molecular complexity index is 857. The van der Waals surface area contributed by atoms with Crippen molar-refractivity contribution < 1.29 is 12.8 Å². The SMILES string of the molecule is CN=C(NCCNS(=O)(=O)c1cccc(Cl)c1)NCc1ccc(F)cc1. The smallest absolute Gasteiger partial charge is 0.240 e. The number of hydrogen-bond donors (Lipinski definition) is 3. The first-order chi connectivity index (χ1) is 12.4. The van der Waals surface area contributed by atoms with Crippen molar-refractivity contribution in [3.05, 3.63) is 64.9 Å². The van der Waals surface area contributed by atoms with Crippen LogP contribution in [0.4, 0.5) is 4.39 Å². The van der Waals surface area contributed by atoms with E-state index in [1.807, 2.05) is 0 Å². The molecule has 0 saturated heterocycles. The van der Waals surface area contributed by atoms with E-state index >= 15 is 0 Å². The number of nitrogens with zero attached hydrogens (tertiary/aromatic N) is 1. The van der Waals surface area contributed by atoms with E-state index in [-0.39, 0.29) is 17.3 Å². The third-order valence-electron chi connectivity index (χ3n) is 3.41. The molecule has 0 unspecified atom stereocenters. The lowest BCUT2D eigenvalue weighted by Gasteiger charge is -2.12. The highest BCUT2D eigenvalue weighted by atomic mass is 35.5. The summed E-state index contributed by atoms with van der Waals surface area (Å²) >= 11 is 5.82. The highest BCUT2D eigenvalue weighted by Crippen LogP contribution is 2.14. The van der Waals surface area contributed by atoms with Gasteiger partial charge in [0.25, 0.3) is 0 Å². The third kappa shape index (κ3) is 6.29. The van der Waals surface area contributed by atoms with Crippen molar-refractivity contribution in [3.63, 3.8) is 0 Å². The lowest BCUT2D eigenvalue weighted by molar-refractivity contribution is 0.580. The summed E-state index contributed by atoms with van der Waals surface area (Å²) in [5.41, 5.74) is 0.899. The standard InChI is InChI=1S/C17H20ClFN4O2S/c1-20-17(22-12-13-5-7-15(19)8-6-13)21-9-10-23-26(24,25)16-4-2-3-14(18)11-16/h2-8,11,23H,9-10,12H2,1H3,(H2,20,21,22). The van der Waals surface area contributed by atoms with Gasteiger partial charge >= 0.3 is 0 Å². The van der Waals surface area contributed by atoms with E-state index < -0.39 is 10.0 Å². The first-order valence-corrected chi connectivity index (χ1v) is 9.71. The van der Waals surface area contributed by atoms with Crippen molar-refractivity contribution in [1.82, 2.24) is 15.4 Å². The van der Waals surface area contributed by atoms with Crippen LogP contribution in [0.5, 0.6) is 0 Å². The van der Waals surface area contributed by atoms with Crippen LogP contribution in [-0.4, -0.2) is 34.5 Å². The summed E-state index contributed by atoms with van der Waals surface area (Å²) in [5, 5.41) is 6.42. The second-order valence-corrected chi connectivity index (χ2v) is 7.54. The molecule has 6 nitrogen and oxygen atoms in total. The van der Waals surface area contributed by atoms with E-state index in [1.165, 1.54) is 24.3 Å². The summed E-state index contributed by atoms with van der Waals surface area (Å²) in [7, 11) is -2.01. The minimum absolute atomic E-state index is 0.115. The molecular weight excluding hydrogens is 379 g/mol. The predicted octanol–water partition coefficient (Wildman–Crippen LogP) is 2.12. The number of benzene rings is 2. The fourth-order valence-corrected chi connectivity index (χ4v) is 3.42. The average Bonchev–Trinajstić information content (AvgIpc) is 2.62. The molecule has 0 amide bonds. The zero-order valence-electron chi connectivity index (χ0n) is 14.2. The first-order valence-electron chi connectivity index (χ1n) is 7.85. The van der Waals surface area contributed by atoms with Crippen LogP contribution >= 0.6 is 11.6 Å². The number of halogens is 2. The second kappa shape index (κ2) is 9.51. The Morgan fingerprint density at radius 2 is 1.85 bits per heavy atom. The summed E-state index contributed by atoms with van der Waals surface area (Å²) in [4.78, 5) is 4.16. The van der Waals surface area contributed by atoms with Crippen molar-refractivity contribution in [2.45, 2.75) is 11.4 Å². The quantitative estimate of drug-likeness (QED) is 0.379. The van der Waals surface area contributed by atoms with Crippen LogP contribution in [0.2, 0.25) is 5.02 Å². The average molecular weight is 399 g/mol. The predicted molar refractivity (Wildman–Crippen MR) is 101 cm³/mol. The van der Waals surface area contributed by atoms with Crippen LogP contribution in [0.15, 0.2) is 58.4 Å². The summed E-state index contributed by atoms with van der Waals surface area (Å²) in [6, 6.07) is 12.2. The van der Waals surface area contributed by atoms with Crippen LogP contribution in [-0.2, 0) is 16.6 Å². The van der Waals surface area contributed by atoms with Crippen molar-refractivity contribution in [2.24, 2.45) is 4.99 Å². The maximum absolute atomic E-state index is 12.9. The van der Waals surface area contributed by atoms with Crippen LogP contribution < -0.4 is 15.4 Å². The van der Waals surface area contributed by atoms with E-state index in [2.05, 4.69) is 20.3 Å². The van der Waals surface area contributed by atoms with Gasteiger partial charge in [0.2, 0.25) is 10.0 Å². The van der Waals surface area contributed by atoms with Crippen LogP contribution in [0.3, 0.4) is 0 Å². The van der Waals surface area contributed by atoms with Gasteiger partial charge in [0.15, 0.2) is 5.96 Å².